The first kappa shape index (κ1) is 19.4. The Morgan fingerprint density at radius 1 is 0.885 bits per heavy atom. The normalized spacial score (nSPS) is 11.8. The van der Waals surface area contributed by atoms with Gasteiger partial charge in [-0.2, -0.15) is 13.2 Å². The minimum atomic E-state index is -4.65. The molecule has 0 bridgehead atoms. The van der Waals surface area contributed by atoms with Gasteiger partial charge in [0.05, 0.1) is 11.3 Å². The number of benzene rings is 2. The first-order valence-corrected chi connectivity index (χ1v) is 7.56. The van der Waals surface area contributed by atoms with Crippen LogP contribution in [-0.2, 0) is 15.8 Å². The van der Waals surface area contributed by atoms with E-state index in [2.05, 4.69) is 10.6 Å². The van der Waals surface area contributed by atoms with E-state index in [9.17, 15) is 27.2 Å². The Kier molecular flexibility index (Phi) is 5.34. The monoisotopic (exact) mass is 368 g/mol. The van der Waals surface area contributed by atoms with Gasteiger partial charge in [-0.25, -0.2) is 4.39 Å². The number of carbonyl (C=O) groups excluding carboxylic acids is 2. The molecule has 2 N–H and O–H groups in total. The van der Waals surface area contributed by atoms with Gasteiger partial charge in [0.1, 0.15) is 11.2 Å². The highest BCUT2D eigenvalue weighted by Crippen LogP contribution is 2.35. The molecule has 2 amide bonds. The number of hydrogen-bond acceptors (Lipinski definition) is 2. The predicted molar refractivity (Wildman–Crippen MR) is 88.9 cm³/mol. The van der Waals surface area contributed by atoms with Crippen molar-refractivity contribution >= 4 is 23.2 Å². The van der Waals surface area contributed by atoms with Crippen molar-refractivity contribution in [2.75, 3.05) is 10.6 Å². The Morgan fingerprint density at radius 2 is 1.50 bits per heavy atom. The Balaban J connectivity index is 2.19. The number of anilines is 2. The van der Waals surface area contributed by atoms with E-state index in [-0.39, 0.29) is 5.69 Å². The van der Waals surface area contributed by atoms with E-state index in [4.69, 9.17) is 0 Å². The highest BCUT2D eigenvalue weighted by Gasteiger charge is 2.39. The van der Waals surface area contributed by atoms with Crippen molar-refractivity contribution in [2.24, 2.45) is 5.41 Å². The molecule has 26 heavy (non-hydrogen) atoms. The van der Waals surface area contributed by atoms with Crippen molar-refractivity contribution in [3.8, 4) is 0 Å². The van der Waals surface area contributed by atoms with Crippen LogP contribution in [0.3, 0.4) is 0 Å². The Bertz CT molecular complexity index is 832. The number of hydrogen-bond donors (Lipinski definition) is 2. The maximum absolute atomic E-state index is 13.2. The third kappa shape index (κ3) is 4.38. The molecule has 8 heteroatoms. The molecular formula is C18H16F4N2O2. The van der Waals surface area contributed by atoms with E-state index in [0.717, 1.165) is 18.2 Å². The van der Waals surface area contributed by atoms with Crippen LogP contribution in [0.15, 0.2) is 48.5 Å². The number of para-hydroxylation sites is 1. The summed E-state index contributed by atoms with van der Waals surface area (Å²) in [7, 11) is 0. The molecule has 2 aromatic carbocycles. The molecule has 0 unspecified atom stereocenters. The lowest BCUT2D eigenvalue weighted by Gasteiger charge is -2.24. The van der Waals surface area contributed by atoms with Crippen molar-refractivity contribution in [1.82, 2.24) is 0 Å². The lowest BCUT2D eigenvalue weighted by Crippen LogP contribution is -2.41. The molecule has 0 aliphatic rings. The fourth-order valence-corrected chi connectivity index (χ4v) is 2.07. The van der Waals surface area contributed by atoms with Gasteiger partial charge in [0.15, 0.2) is 0 Å². The molecule has 0 saturated heterocycles. The zero-order valence-corrected chi connectivity index (χ0v) is 13.9. The number of alkyl halides is 3. The van der Waals surface area contributed by atoms with Crippen LogP contribution in [0.2, 0.25) is 0 Å². The van der Waals surface area contributed by atoms with Crippen molar-refractivity contribution in [3.63, 3.8) is 0 Å². The maximum atomic E-state index is 13.2. The van der Waals surface area contributed by atoms with Crippen molar-refractivity contribution in [2.45, 2.75) is 20.0 Å². The quantitative estimate of drug-likeness (QED) is 0.619. The zero-order valence-electron chi connectivity index (χ0n) is 13.9. The van der Waals surface area contributed by atoms with E-state index >= 15 is 0 Å². The minimum absolute atomic E-state index is 0.131. The van der Waals surface area contributed by atoms with Crippen molar-refractivity contribution < 1.29 is 27.2 Å². The molecule has 0 aliphatic heterocycles. The second-order valence-electron chi connectivity index (χ2n) is 6.09. The summed E-state index contributed by atoms with van der Waals surface area (Å²) in [6.45, 7) is 2.51. The SMILES string of the molecule is CC(C)(C(=O)Nc1cccc(F)c1)C(=O)Nc1ccccc1C(F)(F)F. The van der Waals surface area contributed by atoms with Gasteiger partial charge in [0.2, 0.25) is 11.8 Å². The first-order chi connectivity index (χ1) is 12.0. The van der Waals surface area contributed by atoms with Crippen LogP contribution < -0.4 is 10.6 Å². The first-order valence-electron chi connectivity index (χ1n) is 7.56. The summed E-state index contributed by atoms with van der Waals surface area (Å²) in [4.78, 5) is 24.7. The molecule has 0 heterocycles. The molecule has 0 aliphatic carbocycles. The molecule has 0 saturated carbocycles. The summed E-state index contributed by atoms with van der Waals surface area (Å²) in [5.41, 5.74) is -3.04. The number of nitrogens with one attached hydrogen (secondary N) is 2. The lowest BCUT2D eigenvalue weighted by atomic mass is 9.90. The van der Waals surface area contributed by atoms with Gasteiger partial charge >= 0.3 is 6.18 Å². The summed E-state index contributed by atoms with van der Waals surface area (Å²) in [5, 5.41) is 4.51. The highest BCUT2D eigenvalue weighted by molar-refractivity contribution is 6.14. The second kappa shape index (κ2) is 7.15. The Morgan fingerprint density at radius 3 is 2.12 bits per heavy atom. The van der Waals surface area contributed by atoms with Gasteiger partial charge in [0, 0.05) is 5.69 Å². The number of halogens is 4. The molecule has 2 rings (SSSR count). The smallest absolute Gasteiger partial charge is 0.325 e. The van der Waals surface area contributed by atoms with Crippen molar-refractivity contribution in [3.05, 3.63) is 59.9 Å². The van der Waals surface area contributed by atoms with Gasteiger partial charge < -0.3 is 10.6 Å². The van der Waals surface area contributed by atoms with Gasteiger partial charge in [0.25, 0.3) is 0 Å². The zero-order chi connectivity index (χ0) is 19.5. The fourth-order valence-electron chi connectivity index (χ4n) is 2.07. The van der Waals surface area contributed by atoms with Crippen LogP contribution in [0, 0.1) is 11.2 Å². The van der Waals surface area contributed by atoms with E-state index < -0.39 is 40.5 Å². The van der Waals surface area contributed by atoms with E-state index in [1.54, 1.807) is 0 Å². The summed E-state index contributed by atoms with van der Waals surface area (Å²) in [6.07, 6.45) is -4.65. The van der Waals surface area contributed by atoms with E-state index in [0.29, 0.717) is 0 Å². The summed E-state index contributed by atoms with van der Waals surface area (Å²) >= 11 is 0. The van der Waals surface area contributed by atoms with Gasteiger partial charge in [-0.3, -0.25) is 9.59 Å². The van der Waals surface area contributed by atoms with Gasteiger partial charge in [-0.15, -0.1) is 0 Å². The fraction of sp³-hybridized carbons (Fsp3) is 0.222. The molecule has 0 atom stereocenters. The van der Waals surface area contributed by atoms with Crippen LogP contribution in [0.25, 0.3) is 0 Å². The van der Waals surface area contributed by atoms with Crippen molar-refractivity contribution in [1.29, 1.82) is 0 Å². The largest absolute Gasteiger partial charge is 0.418 e. The standard InChI is InChI=1S/C18H16F4N2O2/c1-17(2,15(25)23-12-7-5-6-11(19)10-12)16(26)24-14-9-4-3-8-13(14)18(20,21)22/h3-10H,1-2H3,(H,23,25)(H,24,26). The molecule has 138 valence electrons. The van der Waals surface area contributed by atoms with E-state index in [1.807, 2.05) is 0 Å². The molecule has 0 aromatic heterocycles. The Hall–Kier alpha value is -2.90. The van der Waals surface area contributed by atoms with Crippen LogP contribution in [-0.4, -0.2) is 11.8 Å². The lowest BCUT2D eigenvalue weighted by molar-refractivity contribution is -0.137. The molecule has 4 nitrogen and oxygen atoms in total. The summed E-state index contributed by atoms with van der Waals surface area (Å²) in [5.74, 6) is -2.29. The molecule has 0 spiro atoms. The molecule has 0 fully saturated rings. The number of amides is 2. The average molecular weight is 368 g/mol. The Labute approximate surface area is 147 Å². The third-order valence-corrected chi connectivity index (χ3v) is 3.70. The predicted octanol–water partition coefficient (Wildman–Crippen LogP) is 4.45. The topological polar surface area (TPSA) is 58.2 Å². The van der Waals surface area contributed by atoms with Crippen LogP contribution in [0.4, 0.5) is 28.9 Å². The molecule has 0 radical (unpaired) electrons. The number of carbonyl (C=O) groups is 2. The second-order valence-corrected chi connectivity index (χ2v) is 6.09. The van der Waals surface area contributed by atoms with E-state index in [1.165, 1.54) is 44.2 Å². The molecule has 2 aromatic rings. The van der Waals surface area contributed by atoms with Crippen LogP contribution in [0.5, 0.6) is 0 Å². The minimum Gasteiger partial charge on any atom is -0.325 e. The number of rotatable bonds is 4. The van der Waals surface area contributed by atoms with Gasteiger partial charge in [-0.1, -0.05) is 18.2 Å². The molecular weight excluding hydrogens is 352 g/mol. The van der Waals surface area contributed by atoms with Crippen LogP contribution in [0.1, 0.15) is 19.4 Å². The van der Waals surface area contributed by atoms with Crippen LogP contribution >= 0.6 is 0 Å². The summed E-state index contributed by atoms with van der Waals surface area (Å²) in [6, 6.07) is 9.50. The average Bonchev–Trinajstić information content (AvgIpc) is 2.54. The maximum Gasteiger partial charge on any atom is 0.418 e. The van der Waals surface area contributed by atoms with Gasteiger partial charge in [-0.05, 0) is 44.2 Å². The summed E-state index contributed by atoms with van der Waals surface area (Å²) < 4.78 is 52.2. The highest BCUT2D eigenvalue weighted by atomic mass is 19.4. The third-order valence-electron chi connectivity index (χ3n) is 3.70.